The Morgan fingerprint density at radius 1 is 1.20 bits per heavy atom. The third-order valence-electron chi connectivity index (χ3n) is 1.88. The first kappa shape index (κ1) is 9.80. The number of hydrogen-bond acceptors (Lipinski definition) is 3. The predicted molar refractivity (Wildman–Crippen MR) is 62.6 cm³/mol. The molecule has 0 N–H and O–H groups in total. The molecule has 74 valence electrons. The van der Waals surface area contributed by atoms with Gasteiger partial charge in [0.15, 0.2) is 0 Å². The first-order valence-corrected chi connectivity index (χ1v) is 5.35. The zero-order valence-corrected chi connectivity index (χ0v) is 8.78. The van der Waals surface area contributed by atoms with Crippen molar-refractivity contribution in [3.8, 4) is 10.6 Å². The first-order valence-electron chi connectivity index (χ1n) is 4.53. The number of hydrogen-bond donors (Lipinski definition) is 0. The maximum absolute atomic E-state index is 10.2. The van der Waals surface area contributed by atoms with Gasteiger partial charge in [-0.05, 0) is 36.4 Å². The molecular formula is C12H9NOS. The Morgan fingerprint density at radius 3 is 2.87 bits per heavy atom. The van der Waals surface area contributed by atoms with Crippen LogP contribution in [0.2, 0.25) is 0 Å². The smallest absolute Gasteiger partial charge is 0.142 e. The molecular weight excluding hydrogens is 206 g/mol. The largest absolute Gasteiger partial charge is 0.299 e. The lowest BCUT2D eigenvalue weighted by Crippen LogP contribution is -1.75. The Balaban J connectivity index is 2.28. The summed E-state index contributed by atoms with van der Waals surface area (Å²) in [6, 6.07) is 9.82. The van der Waals surface area contributed by atoms with Crippen molar-refractivity contribution < 1.29 is 4.79 Å². The minimum atomic E-state index is 0.778. The molecule has 0 unspecified atom stereocenters. The molecule has 2 nitrogen and oxygen atoms in total. The summed E-state index contributed by atoms with van der Waals surface area (Å²) in [5.74, 6) is 0. The van der Waals surface area contributed by atoms with Gasteiger partial charge in [0.2, 0.25) is 0 Å². The molecule has 0 saturated heterocycles. The highest BCUT2D eigenvalue weighted by Crippen LogP contribution is 2.26. The van der Waals surface area contributed by atoms with E-state index in [-0.39, 0.29) is 0 Å². The van der Waals surface area contributed by atoms with Gasteiger partial charge in [0.25, 0.3) is 0 Å². The number of nitrogens with zero attached hydrogens (tertiary/aromatic N) is 1. The number of carbonyl (C=O) groups is 1. The molecule has 3 heteroatoms. The van der Waals surface area contributed by atoms with Crippen molar-refractivity contribution in [1.29, 1.82) is 0 Å². The van der Waals surface area contributed by atoms with Crippen LogP contribution in [0.25, 0.3) is 16.6 Å². The third-order valence-corrected chi connectivity index (χ3v) is 2.96. The van der Waals surface area contributed by atoms with Crippen LogP contribution in [0.4, 0.5) is 0 Å². The van der Waals surface area contributed by atoms with E-state index in [0.29, 0.717) is 0 Å². The predicted octanol–water partition coefficient (Wildman–Crippen LogP) is 3.02. The van der Waals surface area contributed by atoms with Crippen LogP contribution in [0.15, 0.2) is 42.6 Å². The number of pyridine rings is 1. The average molecular weight is 215 g/mol. The third kappa shape index (κ3) is 2.39. The molecule has 0 aliphatic heterocycles. The Kier molecular flexibility index (Phi) is 3.05. The summed E-state index contributed by atoms with van der Waals surface area (Å²) >= 11 is 1.62. The van der Waals surface area contributed by atoms with E-state index in [1.165, 1.54) is 6.08 Å². The van der Waals surface area contributed by atoms with Crippen LogP contribution in [0.1, 0.15) is 4.88 Å². The van der Waals surface area contributed by atoms with Gasteiger partial charge in [-0.3, -0.25) is 9.78 Å². The van der Waals surface area contributed by atoms with E-state index in [1.54, 1.807) is 23.6 Å². The number of aromatic nitrogens is 1. The van der Waals surface area contributed by atoms with Gasteiger partial charge in [0.05, 0.1) is 10.6 Å². The Morgan fingerprint density at radius 2 is 2.13 bits per heavy atom. The lowest BCUT2D eigenvalue weighted by atomic mass is 10.3. The summed E-state index contributed by atoms with van der Waals surface area (Å²) in [5, 5.41) is 0. The van der Waals surface area contributed by atoms with Crippen LogP contribution in [0.5, 0.6) is 0 Å². The summed E-state index contributed by atoms with van der Waals surface area (Å²) in [6.45, 7) is 0. The summed E-state index contributed by atoms with van der Waals surface area (Å²) in [7, 11) is 0. The standard InChI is InChI=1S/C12H9NOS/c14-9-3-4-10-6-7-12(15-10)11-5-1-2-8-13-11/h1-9H/b4-3+. The van der Waals surface area contributed by atoms with Crippen LogP contribution >= 0.6 is 11.3 Å². The fourth-order valence-corrected chi connectivity index (χ4v) is 2.12. The molecule has 0 fully saturated rings. The van der Waals surface area contributed by atoms with E-state index in [0.717, 1.165) is 21.7 Å². The van der Waals surface area contributed by atoms with Gasteiger partial charge in [0, 0.05) is 11.1 Å². The topological polar surface area (TPSA) is 30.0 Å². The highest BCUT2D eigenvalue weighted by Gasteiger charge is 2.00. The van der Waals surface area contributed by atoms with Gasteiger partial charge in [0.1, 0.15) is 6.29 Å². The van der Waals surface area contributed by atoms with Crippen molar-refractivity contribution in [1.82, 2.24) is 4.98 Å². The van der Waals surface area contributed by atoms with Crippen molar-refractivity contribution in [2.24, 2.45) is 0 Å². The second kappa shape index (κ2) is 4.66. The number of allylic oxidation sites excluding steroid dienone is 1. The van der Waals surface area contributed by atoms with Gasteiger partial charge >= 0.3 is 0 Å². The highest BCUT2D eigenvalue weighted by atomic mass is 32.1. The molecule has 2 aromatic rings. The van der Waals surface area contributed by atoms with Gasteiger partial charge < -0.3 is 0 Å². The zero-order valence-electron chi connectivity index (χ0n) is 7.96. The normalized spacial score (nSPS) is 10.7. The fourth-order valence-electron chi connectivity index (χ4n) is 1.22. The molecule has 0 amide bonds. The molecule has 0 spiro atoms. The maximum atomic E-state index is 10.2. The van der Waals surface area contributed by atoms with Crippen LogP contribution in [0.3, 0.4) is 0 Å². The van der Waals surface area contributed by atoms with E-state index < -0.39 is 0 Å². The first-order chi connectivity index (χ1) is 7.40. The Hall–Kier alpha value is -1.74. The number of thiophene rings is 1. The van der Waals surface area contributed by atoms with Gasteiger partial charge in [-0.15, -0.1) is 11.3 Å². The van der Waals surface area contributed by atoms with Crippen molar-refractivity contribution in [3.05, 3.63) is 47.5 Å². The quantitative estimate of drug-likeness (QED) is 0.582. The van der Waals surface area contributed by atoms with Gasteiger partial charge in [-0.1, -0.05) is 6.07 Å². The van der Waals surface area contributed by atoms with E-state index in [2.05, 4.69) is 4.98 Å². The minimum absolute atomic E-state index is 0.778. The van der Waals surface area contributed by atoms with Crippen LogP contribution in [0, 0.1) is 0 Å². The molecule has 0 saturated carbocycles. The minimum Gasteiger partial charge on any atom is -0.299 e. The second-order valence-electron chi connectivity index (χ2n) is 2.91. The molecule has 0 radical (unpaired) electrons. The molecule has 0 aliphatic carbocycles. The molecule has 0 aromatic carbocycles. The molecule has 0 bridgehead atoms. The zero-order chi connectivity index (χ0) is 10.5. The molecule has 15 heavy (non-hydrogen) atoms. The lowest BCUT2D eigenvalue weighted by Gasteiger charge is -1.92. The highest BCUT2D eigenvalue weighted by molar-refractivity contribution is 7.16. The summed E-state index contributed by atoms with van der Waals surface area (Å²) in [4.78, 5) is 16.6. The summed E-state index contributed by atoms with van der Waals surface area (Å²) < 4.78 is 0. The van der Waals surface area contributed by atoms with Crippen molar-refractivity contribution in [2.45, 2.75) is 0 Å². The number of carbonyl (C=O) groups excluding carboxylic acids is 1. The monoisotopic (exact) mass is 215 g/mol. The van der Waals surface area contributed by atoms with Crippen molar-refractivity contribution in [3.63, 3.8) is 0 Å². The maximum Gasteiger partial charge on any atom is 0.142 e. The molecule has 0 atom stereocenters. The summed E-state index contributed by atoms with van der Waals surface area (Å²) in [6.07, 6.45) is 5.84. The van der Waals surface area contributed by atoms with Crippen LogP contribution in [-0.2, 0) is 4.79 Å². The molecule has 2 aromatic heterocycles. The van der Waals surface area contributed by atoms with E-state index in [1.807, 2.05) is 30.3 Å². The molecule has 2 heterocycles. The number of aldehydes is 1. The van der Waals surface area contributed by atoms with Crippen LogP contribution in [-0.4, -0.2) is 11.3 Å². The van der Waals surface area contributed by atoms with Gasteiger partial charge in [-0.2, -0.15) is 0 Å². The summed E-state index contributed by atoms with van der Waals surface area (Å²) in [5.41, 5.74) is 0.966. The van der Waals surface area contributed by atoms with Gasteiger partial charge in [-0.25, -0.2) is 0 Å². The Bertz CT molecular complexity index is 473. The van der Waals surface area contributed by atoms with Crippen molar-refractivity contribution >= 4 is 23.7 Å². The lowest BCUT2D eigenvalue weighted by molar-refractivity contribution is -0.104. The number of rotatable bonds is 3. The Labute approximate surface area is 91.9 Å². The van der Waals surface area contributed by atoms with E-state index in [4.69, 9.17) is 0 Å². The average Bonchev–Trinajstić information content (AvgIpc) is 2.76. The molecule has 2 rings (SSSR count). The SMILES string of the molecule is O=C/C=C/c1ccc(-c2ccccn2)s1. The van der Waals surface area contributed by atoms with E-state index in [9.17, 15) is 4.79 Å². The fraction of sp³-hybridized carbons (Fsp3) is 0. The van der Waals surface area contributed by atoms with Crippen LogP contribution < -0.4 is 0 Å². The molecule has 0 aliphatic rings. The second-order valence-corrected chi connectivity index (χ2v) is 4.03. The van der Waals surface area contributed by atoms with Crippen molar-refractivity contribution in [2.75, 3.05) is 0 Å². The van der Waals surface area contributed by atoms with E-state index >= 15 is 0 Å².